The van der Waals surface area contributed by atoms with Gasteiger partial charge >= 0.3 is 6.18 Å². The lowest BCUT2D eigenvalue weighted by atomic mass is 10.0. The van der Waals surface area contributed by atoms with Gasteiger partial charge in [0.05, 0.1) is 12.2 Å². The smallest absolute Gasteiger partial charge is 0.322 e. The van der Waals surface area contributed by atoms with E-state index in [4.69, 9.17) is 5.73 Å². The molecule has 0 spiro atoms. The largest absolute Gasteiger partial charge is 0.433 e. The van der Waals surface area contributed by atoms with Gasteiger partial charge < -0.3 is 11.1 Å². The SMILES string of the molecule is CC.NCC(=O)Nc1nc(-c2cccc(-c3ccnc(C(F)(F)F)c3)c2)cs1. The van der Waals surface area contributed by atoms with Gasteiger partial charge in [0.25, 0.3) is 0 Å². The van der Waals surface area contributed by atoms with E-state index >= 15 is 0 Å². The number of amides is 1. The molecule has 9 heteroatoms. The first-order chi connectivity index (χ1) is 13.4. The molecule has 0 saturated carbocycles. The number of pyridine rings is 1. The molecule has 0 fully saturated rings. The Balaban J connectivity index is 0.00000136. The second-order valence-electron chi connectivity index (χ2n) is 5.30. The van der Waals surface area contributed by atoms with Crippen molar-refractivity contribution in [2.45, 2.75) is 20.0 Å². The number of aromatic nitrogens is 2. The molecule has 0 bridgehead atoms. The van der Waals surface area contributed by atoms with Crippen molar-refractivity contribution < 1.29 is 18.0 Å². The van der Waals surface area contributed by atoms with Gasteiger partial charge in [-0.25, -0.2) is 4.98 Å². The van der Waals surface area contributed by atoms with E-state index in [0.717, 1.165) is 17.8 Å². The molecule has 28 heavy (non-hydrogen) atoms. The molecule has 3 N–H and O–H groups in total. The van der Waals surface area contributed by atoms with E-state index in [0.29, 0.717) is 22.0 Å². The molecule has 2 aromatic heterocycles. The lowest BCUT2D eigenvalue weighted by molar-refractivity contribution is -0.141. The van der Waals surface area contributed by atoms with Crippen LogP contribution in [0.1, 0.15) is 19.5 Å². The second-order valence-corrected chi connectivity index (χ2v) is 6.16. The molecule has 0 saturated heterocycles. The quantitative estimate of drug-likeness (QED) is 0.649. The van der Waals surface area contributed by atoms with Crippen LogP contribution in [0.5, 0.6) is 0 Å². The summed E-state index contributed by atoms with van der Waals surface area (Å²) in [6.45, 7) is 3.86. The summed E-state index contributed by atoms with van der Waals surface area (Å²) in [7, 11) is 0. The van der Waals surface area contributed by atoms with Crippen LogP contribution < -0.4 is 11.1 Å². The summed E-state index contributed by atoms with van der Waals surface area (Å²) in [5.74, 6) is -0.351. The Kier molecular flexibility index (Phi) is 7.24. The third kappa shape index (κ3) is 5.37. The highest BCUT2D eigenvalue weighted by molar-refractivity contribution is 7.14. The van der Waals surface area contributed by atoms with Gasteiger partial charge in [-0.3, -0.25) is 9.78 Å². The van der Waals surface area contributed by atoms with Gasteiger partial charge in [0.15, 0.2) is 5.13 Å². The first-order valence-electron chi connectivity index (χ1n) is 8.46. The maximum Gasteiger partial charge on any atom is 0.433 e. The van der Waals surface area contributed by atoms with Crippen molar-refractivity contribution in [3.8, 4) is 22.4 Å². The van der Waals surface area contributed by atoms with Crippen molar-refractivity contribution in [2.75, 3.05) is 11.9 Å². The summed E-state index contributed by atoms with van der Waals surface area (Å²) < 4.78 is 38.5. The average Bonchev–Trinajstić information content (AvgIpc) is 3.17. The number of nitrogens with one attached hydrogen (secondary N) is 1. The van der Waals surface area contributed by atoms with E-state index in [2.05, 4.69) is 15.3 Å². The topological polar surface area (TPSA) is 80.9 Å². The zero-order valence-corrected chi connectivity index (χ0v) is 16.1. The molecule has 148 valence electrons. The van der Waals surface area contributed by atoms with Gasteiger partial charge in [-0.1, -0.05) is 32.0 Å². The molecule has 0 atom stereocenters. The van der Waals surface area contributed by atoms with Crippen LogP contribution in [0.2, 0.25) is 0 Å². The molecular weight excluding hydrogens is 389 g/mol. The Bertz CT molecular complexity index is 941. The fourth-order valence-electron chi connectivity index (χ4n) is 2.26. The number of alkyl halides is 3. The van der Waals surface area contributed by atoms with Crippen molar-refractivity contribution >= 4 is 22.4 Å². The van der Waals surface area contributed by atoms with Crippen molar-refractivity contribution in [2.24, 2.45) is 5.73 Å². The Morgan fingerprint density at radius 1 is 1.14 bits per heavy atom. The van der Waals surface area contributed by atoms with Gasteiger partial charge in [0.2, 0.25) is 5.91 Å². The Labute approximate surface area is 164 Å². The number of nitrogens with two attached hydrogens (primary N) is 1. The van der Waals surface area contributed by atoms with Crippen LogP contribution in [0, 0.1) is 0 Å². The summed E-state index contributed by atoms with van der Waals surface area (Å²) in [6, 6.07) is 9.49. The van der Waals surface area contributed by atoms with Crippen LogP contribution in [0.3, 0.4) is 0 Å². The molecule has 1 amide bonds. The lowest BCUT2D eigenvalue weighted by Crippen LogP contribution is -2.21. The molecule has 3 aromatic rings. The highest BCUT2D eigenvalue weighted by atomic mass is 32.1. The van der Waals surface area contributed by atoms with E-state index in [-0.39, 0.29) is 12.5 Å². The van der Waals surface area contributed by atoms with Crippen molar-refractivity contribution in [3.05, 3.63) is 53.7 Å². The highest BCUT2D eigenvalue weighted by Crippen LogP contribution is 2.32. The van der Waals surface area contributed by atoms with Crippen molar-refractivity contribution in [1.29, 1.82) is 0 Å². The fraction of sp³-hybridized carbons (Fsp3) is 0.211. The molecule has 1 aromatic carbocycles. The number of thiazole rings is 1. The number of hydrogen-bond acceptors (Lipinski definition) is 5. The lowest BCUT2D eigenvalue weighted by Gasteiger charge is -2.08. The van der Waals surface area contributed by atoms with Gasteiger partial charge in [-0.2, -0.15) is 13.2 Å². The second kappa shape index (κ2) is 9.43. The first kappa shape index (κ1) is 21.5. The normalized spacial score (nSPS) is 10.8. The number of carbonyl (C=O) groups is 1. The zero-order valence-electron chi connectivity index (χ0n) is 15.2. The van der Waals surface area contributed by atoms with Crippen molar-refractivity contribution in [1.82, 2.24) is 9.97 Å². The third-order valence-electron chi connectivity index (χ3n) is 3.48. The zero-order chi connectivity index (χ0) is 20.7. The minimum absolute atomic E-state index is 0.145. The fourth-order valence-corrected chi connectivity index (χ4v) is 2.99. The van der Waals surface area contributed by atoms with Crippen LogP contribution in [-0.4, -0.2) is 22.4 Å². The van der Waals surface area contributed by atoms with E-state index in [9.17, 15) is 18.0 Å². The Hall–Kier alpha value is -2.78. The van der Waals surface area contributed by atoms with Crippen LogP contribution in [0.4, 0.5) is 18.3 Å². The van der Waals surface area contributed by atoms with E-state index in [1.807, 2.05) is 13.8 Å². The molecule has 0 radical (unpaired) electrons. The molecule has 0 aliphatic heterocycles. The summed E-state index contributed by atoms with van der Waals surface area (Å²) in [6.07, 6.45) is -3.37. The number of carbonyl (C=O) groups excluding carboxylic acids is 1. The number of halogens is 3. The summed E-state index contributed by atoms with van der Waals surface area (Å²) in [4.78, 5) is 19.0. The molecule has 0 unspecified atom stereocenters. The minimum Gasteiger partial charge on any atom is -0.322 e. The summed E-state index contributed by atoms with van der Waals surface area (Å²) in [5.41, 5.74) is 6.64. The van der Waals surface area contributed by atoms with Crippen LogP contribution in [0.25, 0.3) is 22.4 Å². The minimum atomic E-state index is -4.50. The van der Waals surface area contributed by atoms with E-state index < -0.39 is 11.9 Å². The van der Waals surface area contributed by atoms with E-state index in [1.165, 1.54) is 17.4 Å². The molecule has 0 aliphatic carbocycles. The van der Waals surface area contributed by atoms with Gasteiger partial charge in [-0.05, 0) is 29.3 Å². The molecule has 0 aliphatic rings. The maximum atomic E-state index is 12.8. The predicted molar refractivity (Wildman–Crippen MR) is 105 cm³/mol. The standard InChI is InChI=1S/C17H13F3N4OS.C2H6/c18-17(19,20)14-7-11(4-5-22-14)10-2-1-3-12(6-10)13-9-26-16(23-13)24-15(25)8-21;1-2/h1-7,9H,8,21H2,(H,23,24,25);1-2H3. The monoisotopic (exact) mass is 408 g/mol. The molecule has 2 heterocycles. The first-order valence-corrected chi connectivity index (χ1v) is 9.34. The van der Waals surface area contributed by atoms with Crippen LogP contribution >= 0.6 is 11.3 Å². The van der Waals surface area contributed by atoms with Gasteiger partial charge in [0.1, 0.15) is 5.69 Å². The van der Waals surface area contributed by atoms with Crippen molar-refractivity contribution in [3.63, 3.8) is 0 Å². The summed E-state index contributed by atoms with van der Waals surface area (Å²) >= 11 is 1.24. The third-order valence-corrected chi connectivity index (χ3v) is 4.24. The predicted octanol–water partition coefficient (Wildman–Crippen LogP) is 4.81. The Morgan fingerprint density at radius 3 is 2.50 bits per heavy atom. The molecular formula is C19H19F3N4OS. The van der Waals surface area contributed by atoms with Gasteiger partial charge in [-0.15, -0.1) is 11.3 Å². The summed E-state index contributed by atoms with van der Waals surface area (Å²) in [5, 5.41) is 4.72. The van der Waals surface area contributed by atoms with Gasteiger partial charge in [0, 0.05) is 17.1 Å². The number of anilines is 1. The number of benzene rings is 1. The molecule has 3 rings (SSSR count). The highest BCUT2D eigenvalue weighted by Gasteiger charge is 2.32. The van der Waals surface area contributed by atoms with E-state index in [1.54, 1.807) is 29.6 Å². The number of hydrogen-bond donors (Lipinski definition) is 2. The average molecular weight is 408 g/mol. The van der Waals surface area contributed by atoms with Crippen LogP contribution in [0.15, 0.2) is 48.0 Å². The maximum absolute atomic E-state index is 12.8. The molecule has 5 nitrogen and oxygen atoms in total. The number of rotatable bonds is 4. The Morgan fingerprint density at radius 2 is 1.82 bits per heavy atom. The van der Waals surface area contributed by atoms with Crippen LogP contribution in [-0.2, 0) is 11.0 Å². The number of nitrogens with zero attached hydrogens (tertiary/aromatic N) is 2.